The van der Waals surface area contributed by atoms with Crippen molar-refractivity contribution in [2.24, 2.45) is 10.4 Å². The first-order valence-corrected chi connectivity index (χ1v) is 9.86. The van der Waals surface area contributed by atoms with E-state index in [0.717, 1.165) is 32.1 Å². The summed E-state index contributed by atoms with van der Waals surface area (Å²) in [4.78, 5) is 4.45. The fourth-order valence-electron chi connectivity index (χ4n) is 4.14. The molecule has 4 nitrogen and oxygen atoms in total. The first-order chi connectivity index (χ1) is 12.3. The van der Waals surface area contributed by atoms with Crippen LogP contribution in [0.2, 0.25) is 0 Å². The Labute approximate surface area is 152 Å². The van der Waals surface area contributed by atoms with Crippen LogP contribution in [0.25, 0.3) is 0 Å². The van der Waals surface area contributed by atoms with Crippen molar-refractivity contribution in [3.63, 3.8) is 0 Å². The summed E-state index contributed by atoms with van der Waals surface area (Å²) < 4.78 is 5.62. The van der Waals surface area contributed by atoms with Crippen molar-refractivity contribution in [2.45, 2.75) is 57.4 Å². The summed E-state index contributed by atoms with van der Waals surface area (Å²) in [6.45, 7) is 4.77. The highest BCUT2D eigenvalue weighted by Gasteiger charge is 2.39. The van der Waals surface area contributed by atoms with Crippen LogP contribution in [0.1, 0.15) is 56.9 Å². The van der Waals surface area contributed by atoms with Crippen molar-refractivity contribution in [3.05, 3.63) is 35.9 Å². The average molecular weight is 344 g/mol. The Morgan fingerprint density at radius 2 is 2.00 bits per heavy atom. The fourth-order valence-corrected chi connectivity index (χ4v) is 4.14. The molecule has 2 atom stereocenters. The summed E-state index contributed by atoms with van der Waals surface area (Å²) in [6.07, 6.45) is 7.65. The Morgan fingerprint density at radius 3 is 2.68 bits per heavy atom. The van der Waals surface area contributed by atoms with Crippen molar-refractivity contribution < 1.29 is 4.74 Å². The average Bonchev–Trinajstić information content (AvgIpc) is 3.27. The molecule has 2 saturated carbocycles. The summed E-state index contributed by atoms with van der Waals surface area (Å²) in [6, 6.07) is 11.3. The normalized spacial score (nSPS) is 25.0. The number of hydrogen-bond acceptors (Lipinski definition) is 2. The van der Waals surface area contributed by atoms with Gasteiger partial charge in [-0.25, -0.2) is 0 Å². The number of aliphatic imine (C=N–C) groups is 1. The van der Waals surface area contributed by atoms with Gasteiger partial charge in [-0.3, -0.25) is 4.99 Å². The van der Waals surface area contributed by atoms with Crippen molar-refractivity contribution in [3.8, 4) is 0 Å². The predicted molar refractivity (Wildman–Crippen MR) is 104 cm³/mol. The maximum absolute atomic E-state index is 5.62. The minimum absolute atomic E-state index is 0.384. The third-order valence-electron chi connectivity index (χ3n) is 5.84. The third-order valence-corrected chi connectivity index (χ3v) is 5.84. The Balaban J connectivity index is 1.47. The molecule has 25 heavy (non-hydrogen) atoms. The van der Waals surface area contributed by atoms with Crippen LogP contribution < -0.4 is 10.6 Å². The van der Waals surface area contributed by atoms with Crippen LogP contribution in [0, 0.1) is 5.41 Å². The van der Waals surface area contributed by atoms with Gasteiger partial charge in [-0.1, -0.05) is 43.2 Å². The maximum Gasteiger partial charge on any atom is 0.191 e. The van der Waals surface area contributed by atoms with E-state index in [1.165, 1.54) is 37.7 Å². The van der Waals surface area contributed by atoms with Gasteiger partial charge in [-0.15, -0.1) is 0 Å². The monoisotopic (exact) mass is 343 g/mol. The molecule has 2 unspecified atom stereocenters. The lowest BCUT2D eigenvalue weighted by Crippen LogP contribution is -2.44. The van der Waals surface area contributed by atoms with Gasteiger partial charge in [0.1, 0.15) is 0 Å². The molecule has 3 rings (SSSR count). The van der Waals surface area contributed by atoms with Crippen LogP contribution >= 0.6 is 0 Å². The molecule has 2 fully saturated rings. The van der Waals surface area contributed by atoms with Gasteiger partial charge >= 0.3 is 0 Å². The Morgan fingerprint density at radius 1 is 1.24 bits per heavy atom. The van der Waals surface area contributed by atoms with E-state index in [-0.39, 0.29) is 0 Å². The molecular weight excluding hydrogens is 310 g/mol. The SMILES string of the molecule is CCOCCC1(CNC(=NC)NC2CC2c2ccccc2)CCCC1. The topological polar surface area (TPSA) is 45.6 Å². The second kappa shape index (κ2) is 8.70. The molecule has 0 amide bonds. The number of guanidine groups is 1. The van der Waals surface area contributed by atoms with Crippen LogP contribution in [0.5, 0.6) is 0 Å². The van der Waals surface area contributed by atoms with E-state index < -0.39 is 0 Å². The molecule has 2 aliphatic carbocycles. The Hall–Kier alpha value is -1.55. The van der Waals surface area contributed by atoms with E-state index in [1.807, 2.05) is 7.05 Å². The van der Waals surface area contributed by atoms with Gasteiger partial charge in [-0.05, 0) is 43.6 Å². The van der Waals surface area contributed by atoms with E-state index in [4.69, 9.17) is 4.74 Å². The van der Waals surface area contributed by atoms with Gasteiger partial charge in [-0.2, -0.15) is 0 Å². The van der Waals surface area contributed by atoms with Crippen molar-refractivity contribution in [2.75, 3.05) is 26.8 Å². The van der Waals surface area contributed by atoms with E-state index in [9.17, 15) is 0 Å². The molecule has 0 heterocycles. The smallest absolute Gasteiger partial charge is 0.191 e. The lowest BCUT2D eigenvalue weighted by molar-refractivity contribution is 0.105. The maximum atomic E-state index is 5.62. The molecule has 0 bridgehead atoms. The molecule has 0 saturated heterocycles. The highest BCUT2D eigenvalue weighted by molar-refractivity contribution is 5.80. The first kappa shape index (κ1) is 18.2. The standard InChI is InChI=1S/C21H33N3O/c1-3-25-14-13-21(11-7-8-12-21)16-23-20(22-2)24-19-15-18(19)17-9-5-4-6-10-17/h4-6,9-10,18-19H,3,7-8,11-16H2,1-2H3,(H2,22,23,24). The number of hydrogen-bond donors (Lipinski definition) is 2. The zero-order valence-corrected chi connectivity index (χ0v) is 15.8. The lowest BCUT2D eigenvalue weighted by Gasteiger charge is -2.30. The lowest BCUT2D eigenvalue weighted by atomic mass is 9.83. The number of benzene rings is 1. The number of nitrogens with one attached hydrogen (secondary N) is 2. The summed E-state index contributed by atoms with van der Waals surface area (Å²) in [5, 5.41) is 7.21. The van der Waals surface area contributed by atoms with Gasteiger partial charge in [0.05, 0.1) is 0 Å². The minimum atomic E-state index is 0.384. The van der Waals surface area contributed by atoms with E-state index in [1.54, 1.807) is 0 Å². The van der Waals surface area contributed by atoms with E-state index in [2.05, 4.69) is 52.9 Å². The van der Waals surface area contributed by atoms with Gasteiger partial charge in [0.25, 0.3) is 0 Å². The van der Waals surface area contributed by atoms with Crippen LogP contribution in [0.15, 0.2) is 35.3 Å². The summed E-state index contributed by atoms with van der Waals surface area (Å²) in [7, 11) is 1.87. The first-order valence-electron chi connectivity index (χ1n) is 9.86. The second-order valence-corrected chi connectivity index (χ2v) is 7.58. The zero-order chi connectivity index (χ0) is 17.5. The molecule has 2 aliphatic rings. The third kappa shape index (κ3) is 4.97. The molecular formula is C21H33N3O. The molecule has 1 aromatic carbocycles. The zero-order valence-electron chi connectivity index (χ0n) is 15.8. The van der Waals surface area contributed by atoms with Gasteiger partial charge < -0.3 is 15.4 Å². The van der Waals surface area contributed by atoms with Gasteiger partial charge in [0.2, 0.25) is 0 Å². The molecule has 0 spiro atoms. The largest absolute Gasteiger partial charge is 0.382 e. The molecule has 2 N–H and O–H groups in total. The minimum Gasteiger partial charge on any atom is -0.382 e. The van der Waals surface area contributed by atoms with Crippen molar-refractivity contribution in [1.82, 2.24) is 10.6 Å². The predicted octanol–water partition coefficient (Wildman–Crippen LogP) is 3.69. The van der Waals surface area contributed by atoms with Crippen molar-refractivity contribution in [1.29, 1.82) is 0 Å². The van der Waals surface area contributed by atoms with E-state index >= 15 is 0 Å². The van der Waals surface area contributed by atoms with E-state index in [0.29, 0.717) is 17.4 Å². The Kier molecular flexibility index (Phi) is 6.35. The summed E-state index contributed by atoms with van der Waals surface area (Å²) in [5.41, 5.74) is 1.81. The van der Waals surface area contributed by atoms with Crippen LogP contribution in [0.3, 0.4) is 0 Å². The highest BCUT2D eigenvalue weighted by Crippen LogP contribution is 2.41. The molecule has 138 valence electrons. The quantitative estimate of drug-likeness (QED) is 0.430. The van der Waals surface area contributed by atoms with Gasteiger partial charge in [0, 0.05) is 38.8 Å². The van der Waals surface area contributed by atoms with Crippen LogP contribution in [-0.4, -0.2) is 38.8 Å². The summed E-state index contributed by atoms with van der Waals surface area (Å²) in [5.74, 6) is 1.57. The second-order valence-electron chi connectivity index (χ2n) is 7.58. The van der Waals surface area contributed by atoms with Crippen molar-refractivity contribution >= 4 is 5.96 Å². The number of nitrogens with zero attached hydrogens (tertiary/aromatic N) is 1. The fraction of sp³-hybridized carbons (Fsp3) is 0.667. The highest BCUT2D eigenvalue weighted by atomic mass is 16.5. The number of ether oxygens (including phenoxy) is 1. The van der Waals surface area contributed by atoms with Gasteiger partial charge in [0.15, 0.2) is 5.96 Å². The Bertz CT molecular complexity index is 552. The molecule has 4 heteroatoms. The van der Waals surface area contributed by atoms with Crippen LogP contribution in [0.4, 0.5) is 0 Å². The number of rotatable bonds is 8. The molecule has 0 aromatic heterocycles. The summed E-state index contributed by atoms with van der Waals surface area (Å²) >= 11 is 0. The van der Waals surface area contributed by atoms with Crippen LogP contribution in [-0.2, 0) is 4.74 Å². The molecule has 1 aromatic rings. The molecule has 0 radical (unpaired) electrons. The molecule has 0 aliphatic heterocycles.